The summed E-state index contributed by atoms with van der Waals surface area (Å²) < 4.78 is 1.89. The molecular formula is C18H25Cl2N7O. The second kappa shape index (κ2) is 9.36. The van der Waals surface area contributed by atoms with Crippen LogP contribution in [0.15, 0.2) is 24.3 Å². The Morgan fingerprint density at radius 1 is 1.25 bits per heavy atom. The number of hydrogen-bond donors (Lipinski definition) is 3. The van der Waals surface area contributed by atoms with Crippen molar-refractivity contribution in [2.75, 3.05) is 13.1 Å². The van der Waals surface area contributed by atoms with Crippen LogP contribution in [0.25, 0.3) is 11.0 Å². The number of carbonyl (C=O) groups is 1. The summed E-state index contributed by atoms with van der Waals surface area (Å²) in [6.07, 6.45) is 2.00. The fourth-order valence-electron chi connectivity index (χ4n) is 3.46. The first-order valence-corrected chi connectivity index (χ1v) is 9.01. The molecule has 3 heterocycles. The topological polar surface area (TPSA) is 101 Å². The number of nitrogens with zero attached hydrogens (tertiary/aromatic N) is 4. The van der Waals surface area contributed by atoms with Crippen LogP contribution in [0.2, 0.25) is 0 Å². The van der Waals surface area contributed by atoms with Crippen molar-refractivity contribution >= 4 is 41.8 Å². The van der Waals surface area contributed by atoms with Crippen LogP contribution in [0.5, 0.6) is 0 Å². The number of amides is 1. The zero-order chi connectivity index (χ0) is 18.1. The smallest absolute Gasteiger partial charge is 0.274 e. The lowest BCUT2D eigenvalue weighted by atomic mass is 10.1. The van der Waals surface area contributed by atoms with Crippen LogP contribution >= 0.6 is 24.8 Å². The number of aromatic nitrogens is 5. The predicted molar refractivity (Wildman–Crippen MR) is 112 cm³/mol. The molecule has 1 aliphatic heterocycles. The summed E-state index contributed by atoms with van der Waals surface area (Å²) >= 11 is 0. The summed E-state index contributed by atoms with van der Waals surface area (Å²) in [6, 6.07) is 7.86. The highest BCUT2D eigenvalue weighted by Crippen LogP contribution is 2.21. The van der Waals surface area contributed by atoms with Gasteiger partial charge < -0.3 is 15.6 Å². The number of aromatic amines is 1. The quantitative estimate of drug-likeness (QED) is 0.596. The molecule has 152 valence electrons. The van der Waals surface area contributed by atoms with Gasteiger partial charge in [0.25, 0.3) is 5.91 Å². The van der Waals surface area contributed by atoms with Crippen LogP contribution in [0, 0.1) is 6.92 Å². The monoisotopic (exact) mass is 425 g/mol. The summed E-state index contributed by atoms with van der Waals surface area (Å²) in [4.78, 5) is 20.5. The molecule has 8 nitrogen and oxygen atoms in total. The van der Waals surface area contributed by atoms with E-state index in [4.69, 9.17) is 0 Å². The first kappa shape index (κ1) is 22.1. The van der Waals surface area contributed by atoms with Gasteiger partial charge in [-0.15, -0.1) is 29.9 Å². The van der Waals surface area contributed by atoms with Gasteiger partial charge in [-0.3, -0.25) is 4.79 Å². The molecule has 28 heavy (non-hydrogen) atoms. The number of carbonyl (C=O) groups excluding carboxylic acids is 1. The summed E-state index contributed by atoms with van der Waals surface area (Å²) in [6.45, 7) is 5.74. The molecule has 1 unspecified atom stereocenters. The second-order valence-electron chi connectivity index (χ2n) is 6.78. The molecule has 3 aromatic rings. The first-order chi connectivity index (χ1) is 12.6. The Hall–Kier alpha value is -2.16. The van der Waals surface area contributed by atoms with Gasteiger partial charge in [0.05, 0.1) is 28.8 Å². The summed E-state index contributed by atoms with van der Waals surface area (Å²) in [5.41, 5.74) is 3.03. The normalized spacial score (nSPS) is 15.5. The van der Waals surface area contributed by atoms with Gasteiger partial charge in [0.15, 0.2) is 5.69 Å². The van der Waals surface area contributed by atoms with E-state index in [1.807, 2.05) is 42.8 Å². The average molecular weight is 426 g/mol. The lowest BCUT2D eigenvalue weighted by Crippen LogP contribution is -2.31. The minimum atomic E-state index is -0.252. The van der Waals surface area contributed by atoms with Gasteiger partial charge in [0.1, 0.15) is 5.82 Å². The number of hydrogen-bond acceptors (Lipinski definition) is 5. The van der Waals surface area contributed by atoms with Crippen molar-refractivity contribution in [3.8, 4) is 0 Å². The number of fused-ring (bicyclic) bond motifs is 1. The lowest BCUT2D eigenvalue weighted by molar-refractivity contribution is 0.0932. The van der Waals surface area contributed by atoms with E-state index < -0.39 is 0 Å². The number of imidazole rings is 1. The minimum absolute atomic E-state index is 0. The summed E-state index contributed by atoms with van der Waals surface area (Å²) in [7, 11) is 0. The van der Waals surface area contributed by atoms with Gasteiger partial charge in [-0.2, -0.15) is 0 Å². The number of para-hydroxylation sites is 2. The largest absolute Gasteiger partial charge is 0.341 e. The molecule has 1 aromatic carbocycles. The van der Waals surface area contributed by atoms with E-state index in [2.05, 4.69) is 30.9 Å². The SMILES string of the molecule is Cc1c(C(=O)NC(C)c2nc3ccccc3[nH]2)nnn1C1CCNCC1.Cl.Cl. The number of rotatable bonds is 4. The number of benzene rings is 1. The fourth-order valence-corrected chi connectivity index (χ4v) is 3.46. The van der Waals surface area contributed by atoms with Gasteiger partial charge in [0, 0.05) is 0 Å². The molecule has 1 atom stereocenters. The molecule has 1 saturated heterocycles. The number of H-pyrrole nitrogens is 1. The third kappa shape index (κ3) is 4.29. The van der Waals surface area contributed by atoms with Crippen LogP contribution < -0.4 is 10.6 Å². The van der Waals surface area contributed by atoms with Crippen molar-refractivity contribution in [2.24, 2.45) is 0 Å². The van der Waals surface area contributed by atoms with E-state index in [9.17, 15) is 4.79 Å². The highest BCUT2D eigenvalue weighted by molar-refractivity contribution is 5.93. The molecule has 2 aromatic heterocycles. The number of halogens is 2. The predicted octanol–water partition coefficient (Wildman–Crippen LogP) is 2.72. The molecule has 10 heteroatoms. The van der Waals surface area contributed by atoms with Crippen LogP contribution in [0.3, 0.4) is 0 Å². The molecular weight excluding hydrogens is 401 g/mol. The van der Waals surface area contributed by atoms with Crippen molar-refractivity contribution in [3.63, 3.8) is 0 Å². The molecule has 1 amide bonds. The zero-order valence-electron chi connectivity index (χ0n) is 15.8. The maximum absolute atomic E-state index is 12.7. The van der Waals surface area contributed by atoms with Crippen LogP contribution in [0.4, 0.5) is 0 Å². The van der Waals surface area contributed by atoms with E-state index in [-0.39, 0.29) is 36.8 Å². The Morgan fingerprint density at radius 3 is 2.68 bits per heavy atom. The molecule has 0 radical (unpaired) electrons. The maximum Gasteiger partial charge on any atom is 0.274 e. The van der Waals surface area contributed by atoms with E-state index >= 15 is 0 Å². The molecule has 3 N–H and O–H groups in total. The Balaban J connectivity index is 0.00000140. The third-order valence-electron chi connectivity index (χ3n) is 4.96. The van der Waals surface area contributed by atoms with Crippen LogP contribution in [-0.2, 0) is 0 Å². The van der Waals surface area contributed by atoms with E-state index in [0.717, 1.165) is 48.5 Å². The van der Waals surface area contributed by atoms with Crippen LogP contribution in [0.1, 0.15) is 53.9 Å². The Morgan fingerprint density at radius 2 is 1.96 bits per heavy atom. The van der Waals surface area contributed by atoms with Gasteiger partial charge in [-0.25, -0.2) is 9.67 Å². The van der Waals surface area contributed by atoms with E-state index in [1.54, 1.807) is 0 Å². The van der Waals surface area contributed by atoms with Gasteiger partial charge >= 0.3 is 0 Å². The van der Waals surface area contributed by atoms with Crippen molar-refractivity contribution in [3.05, 3.63) is 41.5 Å². The van der Waals surface area contributed by atoms with Crippen molar-refractivity contribution in [1.82, 2.24) is 35.6 Å². The first-order valence-electron chi connectivity index (χ1n) is 9.01. The summed E-state index contributed by atoms with van der Waals surface area (Å²) in [5, 5.41) is 14.7. The Kier molecular flexibility index (Phi) is 7.40. The van der Waals surface area contributed by atoms with Gasteiger partial charge in [-0.05, 0) is 51.9 Å². The average Bonchev–Trinajstić information content (AvgIpc) is 3.26. The molecule has 0 bridgehead atoms. The van der Waals surface area contributed by atoms with E-state index in [1.165, 1.54) is 0 Å². The van der Waals surface area contributed by atoms with Crippen molar-refractivity contribution < 1.29 is 4.79 Å². The lowest BCUT2D eigenvalue weighted by Gasteiger charge is -2.23. The third-order valence-corrected chi connectivity index (χ3v) is 4.96. The number of nitrogens with one attached hydrogen (secondary N) is 3. The Labute approximate surface area is 175 Å². The highest BCUT2D eigenvalue weighted by Gasteiger charge is 2.24. The molecule has 0 spiro atoms. The standard InChI is InChI=1S/C18H23N7O.2ClH/c1-11(17-21-14-5-3-4-6-15(14)22-17)20-18(26)16-12(2)25(24-23-16)13-7-9-19-10-8-13;;/h3-6,11,13,19H,7-10H2,1-2H3,(H,20,26)(H,21,22);2*1H. The highest BCUT2D eigenvalue weighted by atomic mass is 35.5. The molecule has 0 aliphatic carbocycles. The molecule has 1 fully saturated rings. The van der Waals surface area contributed by atoms with Crippen LogP contribution in [-0.4, -0.2) is 44.0 Å². The molecule has 4 rings (SSSR count). The minimum Gasteiger partial charge on any atom is -0.341 e. The molecule has 1 aliphatic rings. The Bertz CT molecular complexity index is 900. The van der Waals surface area contributed by atoms with Crippen molar-refractivity contribution in [2.45, 2.75) is 38.8 Å². The van der Waals surface area contributed by atoms with Gasteiger partial charge in [0.2, 0.25) is 0 Å². The number of piperidine rings is 1. The van der Waals surface area contributed by atoms with Crippen molar-refractivity contribution in [1.29, 1.82) is 0 Å². The van der Waals surface area contributed by atoms with Gasteiger partial charge in [-0.1, -0.05) is 17.3 Å². The molecule has 0 saturated carbocycles. The van der Waals surface area contributed by atoms with E-state index in [0.29, 0.717) is 11.7 Å². The second-order valence-corrected chi connectivity index (χ2v) is 6.78. The fraction of sp³-hybridized carbons (Fsp3) is 0.444. The summed E-state index contributed by atoms with van der Waals surface area (Å²) in [5.74, 6) is 0.499. The maximum atomic E-state index is 12.7. The zero-order valence-corrected chi connectivity index (χ0v) is 17.4.